The Balaban J connectivity index is 2.58. The fourth-order valence-corrected chi connectivity index (χ4v) is 2.01. The molecule has 1 aromatic carbocycles. The quantitative estimate of drug-likeness (QED) is 0.631. The predicted octanol–water partition coefficient (Wildman–Crippen LogP) is 2.81. The van der Waals surface area contributed by atoms with Crippen LogP contribution in [0.2, 0.25) is 0 Å². The molecular weight excluding hydrogens is 234 g/mol. The van der Waals surface area contributed by atoms with Crippen molar-refractivity contribution in [2.75, 3.05) is 13.1 Å². The Kier molecular flexibility index (Phi) is 6.40. The lowest BCUT2D eigenvalue weighted by Crippen LogP contribution is -2.41. The van der Waals surface area contributed by atoms with E-state index in [1.165, 1.54) is 16.7 Å². The smallest absolute Gasteiger partial charge is 0.191 e. The monoisotopic (exact) mass is 261 g/mol. The van der Waals surface area contributed by atoms with Gasteiger partial charge in [-0.15, -0.1) is 0 Å². The van der Waals surface area contributed by atoms with Crippen molar-refractivity contribution in [3.63, 3.8) is 0 Å². The van der Waals surface area contributed by atoms with Crippen LogP contribution in [0, 0.1) is 13.8 Å². The van der Waals surface area contributed by atoms with E-state index in [9.17, 15) is 0 Å². The summed E-state index contributed by atoms with van der Waals surface area (Å²) in [6.07, 6.45) is 0.987. The lowest BCUT2D eigenvalue weighted by Gasteiger charge is -2.14. The first-order valence-corrected chi connectivity index (χ1v) is 7.14. The normalized spacial score (nSPS) is 11.8. The number of hydrogen-bond donors (Lipinski definition) is 2. The van der Waals surface area contributed by atoms with Gasteiger partial charge in [0.25, 0.3) is 0 Å². The molecule has 0 aliphatic heterocycles. The summed E-state index contributed by atoms with van der Waals surface area (Å²) in [5.74, 6) is 0.905. The lowest BCUT2D eigenvalue weighted by atomic mass is 10.0. The fourth-order valence-electron chi connectivity index (χ4n) is 2.01. The van der Waals surface area contributed by atoms with Crippen molar-refractivity contribution in [3.05, 3.63) is 34.9 Å². The lowest BCUT2D eigenvalue weighted by molar-refractivity contribution is 0.700. The Morgan fingerprint density at radius 1 is 1.26 bits per heavy atom. The average Bonchev–Trinajstić information content (AvgIpc) is 2.31. The molecule has 1 aromatic rings. The van der Waals surface area contributed by atoms with Gasteiger partial charge in [-0.1, -0.05) is 23.8 Å². The number of hydrogen-bond acceptors (Lipinski definition) is 1. The Morgan fingerprint density at radius 3 is 2.58 bits per heavy atom. The van der Waals surface area contributed by atoms with Gasteiger partial charge in [0.1, 0.15) is 0 Å². The third kappa shape index (κ3) is 5.77. The largest absolute Gasteiger partial charge is 0.357 e. The molecule has 0 aliphatic carbocycles. The van der Waals surface area contributed by atoms with Crippen molar-refractivity contribution in [1.29, 1.82) is 0 Å². The molecule has 2 N–H and O–H groups in total. The summed E-state index contributed by atoms with van der Waals surface area (Å²) in [6.45, 7) is 12.3. The van der Waals surface area contributed by atoms with E-state index in [0.717, 1.165) is 25.5 Å². The Morgan fingerprint density at radius 2 is 2.00 bits per heavy atom. The molecule has 0 heterocycles. The number of guanidine groups is 1. The van der Waals surface area contributed by atoms with Crippen LogP contribution in [0.5, 0.6) is 0 Å². The predicted molar refractivity (Wildman–Crippen MR) is 83.9 cm³/mol. The van der Waals surface area contributed by atoms with Gasteiger partial charge in [-0.25, -0.2) is 0 Å². The summed E-state index contributed by atoms with van der Waals surface area (Å²) < 4.78 is 0. The van der Waals surface area contributed by atoms with E-state index in [1.807, 2.05) is 0 Å². The van der Waals surface area contributed by atoms with Crippen LogP contribution in [0.4, 0.5) is 0 Å². The second-order valence-corrected chi connectivity index (χ2v) is 5.24. The van der Waals surface area contributed by atoms with Crippen molar-refractivity contribution < 1.29 is 0 Å². The first-order valence-electron chi connectivity index (χ1n) is 7.14. The zero-order chi connectivity index (χ0) is 14.3. The number of rotatable bonds is 5. The number of aliphatic imine (C=N–C) groups is 1. The summed E-state index contributed by atoms with van der Waals surface area (Å²) in [5.41, 5.74) is 4.06. The van der Waals surface area contributed by atoms with Crippen molar-refractivity contribution in [2.45, 2.75) is 47.1 Å². The van der Waals surface area contributed by atoms with Crippen molar-refractivity contribution in [2.24, 2.45) is 4.99 Å². The first kappa shape index (κ1) is 15.5. The van der Waals surface area contributed by atoms with Gasteiger partial charge in [-0.3, -0.25) is 4.99 Å². The molecule has 0 amide bonds. The highest BCUT2D eigenvalue weighted by Crippen LogP contribution is 2.11. The van der Waals surface area contributed by atoms with Gasteiger partial charge < -0.3 is 10.6 Å². The Hall–Kier alpha value is -1.51. The third-order valence-electron chi connectivity index (χ3n) is 2.92. The van der Waals surface area contributed by atoms with Crippen LogP contribution in [0.15, 0.2) is 23.2 Å². The number of nitrogens with zero attached hydrogens (tertiary/aromatic N) is 1. The van der Waals surface area contributed by atoms with Gasteiger partial charge in [-0.2, -0.15) is 0 Å². The molecular formula is C16H27N3. The molecule has 0 bridgehead atoms. The summed E-state index contributed by atoms with van der Waals surface area (Å²) in [6, 6.07) is 7.02. The molecule has 0 spiro atoms. The molecule has 106 valence electrons. The Labute approximate surface area is 117 Å². The maximum absolute atomic E-state index is 4.61. The standard InChI is InChI=1S/C16H27N3/c1-6-17-16(19-12(2)3)18-10-9-15-8-7-13(4)11-14(15)5/h7-8,11-12H,6,9-10H2,1-5H3,(H2,17,18,19). The number of aryl methyl sites for hydroxylation is 2. The minimum absolute atomic E-state index is 0.402. The topological polar surface area (TPSA) is 36.4 Å². The summed E-state index contributed by atoms with van der Waals surface area (Å²) in [5, 5.41) is 6.59. The van der Waals surface area contributed by atoms with Crippen molar-refractivity contribution in [3.8, 4) is 0 Å². The average molecular weight is 261 g/mol. The van der Waals surface area contributed by atoms with Crippen LogP contribution in [-0.2, 0) is 6.42 Å². The molecule has 0 unspecified atom stereocenters. The fraction of sp³-hybridized carbons (Fsp3) is 0.562. The zero-order valence-corrected chi connectivity index (χ0v) is 12.9. The molecule has 0 saturated heterocycles. The zero-order valence-electron chi connectivity index (χ0n) is 12.9. The van der Waals surface area contributed by atoms with E-state index in [2.05, 4.69) is 68.4 Å². The van der Waals surface area contributed by atoms with E-state index in [0.29, 0.717) is 6.04 Å². The van der Waals surface area contributed by atoms with Crippen LogP contribution in [0.1, 0.15) is 37.5 Å². The van der Waals surface area contributed by atoms with Gasteiger partial charge in [0.15, 0.2) is 5.96 Å². The highest BCUT2D eigenvalue weighted by atomic mass is 15.2. The highest BCUT2D eigenvalue weighted by Gasteiger charge is 2.01. The van der Waals surface area contributed by atoms with Crippen molar-refractivity contribution in [1.82, 2.24) is 10.6 Å². The molecule has 0 aliphatic rings. The maximum atomic E-state index is 4.61. The number of benzene rings is 1. The Bertz CT molecular complexity index is 422. The van der Waals surface area contributed by atoms with E-state index < -0.39 is 0 Å². The van der Waals surface area contributed by atoms with Gasteiger partial charge in [0.2, 0.25) is 0 Å². The van der Waals surface area contributed by atoms with E-state index in [1.54, 1.807) is 0 Å². The molecule has 19 heavy (non-hydrogen) atoms. The molecule has 0 atom stereocenters. The minimum Gasteiger partial charge on any atom is -0.357 e. The molecule has 0 radical (unpaired) electrons. The van der Waals surface area contributed by atoms with Gasteiger partial charge >= 0.3 is 0 Å². The van der Waals surface area contributed by atoms with Crippen LogP contribution in [0.3, 0.4) is 0 Å². The minimum atomic E-state index is 0.402. The summed E-state index contributed by atoms with van der Waals surface area (Å²) >= 11 is 0. The second-order valence-electron chi connectivity index (χ2n) is 5.24. The summed E-state index contributed by atoms with van der Waals surface area (Å²) in [4.78, 5) is 4.61. The van der Waals surface area contributed by atoms with Gasteiger partial charge in [-0.05, 0) is 52.2 Å². The SMILES string of the molecule is CCNC(=NCCc1ccc(C)cc1C)NC(C)C. The van der Waals surface area contributed by atoms with Crippen LogP contribution in [-0.4, -0.2) is 25.1 Å². The van der Waals surface area contributed by atoms with Crippen LogP contribution < -0.4 is 10.6 Å². The van der Waals surface area contributed by atoms with E-state index in [-0.39, 0.29) is 0 Å². The van der Waals surface area contributed by atoms with E-state index in [4.69, 9.17) is 0 Å². The van der Waals surface area contributed by atoms with Crippen LogP contribution >= 0.6 is 0 Å². The second kappa shape index (κ2) is 7.82. The third-order valence-corrected chi connectivity index (χ3v) is 2.92. The molecule has 1 rings (SSSR count). The highest BCUT2D eigenvalue weighted by molar-refractivity contribution is 5.79. The van der Waals surface area contributed by atoms with Gasteiger partial charge in [0.05, 0.1) is 0 Å². The van der Waals surface area contributed by atoms with Crippen LogP contribution in [0.25, 0.3) is 0 Å². The molecule has 3 nitrogen and oxygen atoms in total. The molecule has 3 heteroatoms. The first-order chi connectivity index (χ1) is 9.02. The molecule has 0 aromatic heterocycles. The number of nitrogens with one attached hydrogen (secondary N) is 2. The molecule has 0 saturated carbocycles. The van der Waals surface area contributed by atoms with Crippen molar-refractivity contribution >= 4 is 5.96 Å². The maximum Gasteiger partial charge on any atom is 0.191 e. The molecule has 0 fully saturated rings. The van der Waals surface area contributed by atoms with E-state index >= 15 is 0 Å². The van der Waals surface area contributed by atoms with Gasteiger partial charge in [0, 0.05) is 19.1 Å². The summed E-state index contributed by atoms with van der Waals surface area (Å²) in [7, 11) is 0.